The van der Waals surface area contributed by atoms with Gasteiger partial charge in [0.05, 0.1) is 6.26 Å². The minimum atomic E-state index is -1.75. The molecule has 2 rings (SSSR count). The van der Waals surface area contributed by atoms with Gasteiger partial charge < -0.3 is 4.42 Å². The van der Waals surface area contributed by atoms with Crippen molar-refractivity contribution in [2.45, 2.75) is 6.17 Å². The SMILES string of the molecule is O=C(c1ccco1)C(F)c1cccc(Cl)c1. The summed E-state index contributed by atoms with van der Waals surface area (Å²) in [6.07, 6.45) is -0.414. The number of carbonyl (C=O) groups excluding carboxylic acids is 1. The molecule has 0 aliphatic carbocycles. The number of alkyl halides is 1. The summed E-state index contributed by atoms with van der Waals surface area (Å²) in [5.41, 5.74) is 0.230. The van der Waals surface area contributed by atoms with Gasteiger partial charge in [-0.15, -0.1) is 0 Å². The number of carbonyl (C=O) groups is 1. The second-order valence-electron chi connectivity index (χ2n) is 3.26. The summed E-state index contributed by atoms with van der Waals surface area (Å²) in [6.45, 7) is 0. The largest absolute Gasteiger partial charge is 0.461 e. The van der Waals surface area contributed by atoms with Crippen molar-refractivity contribution in [3.05, 3.63) is 59.0 Å². The number of furan rings is 1. The summed E-state index contributed by atoms with van der Waals surface area (Å²) in [7, 11) is 0. The van der Waals surface area contributed by atoms with E-state index in [2.05, 4.69) is 0 Å². The summed E-state index contributed by atoms with van der Waals surface area (Å²) >= 11 is 5.72. The molecule has 2 aromatic rings. The van der Waals surface area contributed by atoms with Crippen LogP contribution in [0.25, 0.3) is 0 Å². The Bertz CT molecular complexity index is 493. The van der Waals surface area contributed by atoms with Gasteiger partial charge in [-0.3, -0.25) is 4.79 Å². The van der Waals surface area contributed by atoms with Crippen molar-refractivity contribution in [2.24, 2.45) is 0 Å². The van der Waals surface area contributed by atoms with Gasteiger partial charge in [0.1, 0.15) is 0 Å². The molecule has 1 heterocycles. The summed E-state index contributed by atoms with van der Waals surface area (Å²) in [5, 5.41) is 0.396. The fraction of sp³-hybridized carbons (Fsp3) is 0.0833. The molecule has 2 nitrogen and oxygen atoms in total. The number of ketones is 1. The maximum absolute atomic E-state index is 13.8. The minimum absolute atomic E-state index is 0.00692. The van der Waals surface area contributed by atoms with Crippen LogP contribution in [0.15, 0.2) is 47.1 Å². The van der Waals surface area contributed by atoms with Crippen molar-refractivity contribution in [1.82, 2.24) is 0 Å². The first-order chi connectivity index (χ1) is 7.68. The molecule has 0 spiro atoms. The van der Waals surface area contributed by atoms with Crippen LogP contribution in [0.1, 0.15) is 22.3 Å². The highest BCUT2D eigenvalue weighted by Gasteiger charge is 2.23. The van der Waals surface area contributed by atoms with Gasteiger partial charge in [-0.2, -0.15) is 0 Å². The van der Waals surface area contributed by atoms with Gasteiger partial charge in [0.25, 0.3) is 0 Å². The van der Waals surface area contributed by atoms with E-state index in [1.165, 1.54) is 30.5 Å². The number of hydrogen-bond acceptors (Lipinski definition) is 2. The molecule has 1 aromatic carbocycles. The summed E-state index contributed by atoms with van der Waals surface area (Å²) in [5.74, 6) is -0.695. The number of Topliss-reactive ketones (excluding diaryl/α,β-unsaturated/α-hetero) is 1. The Morgan fingerprint density at radius 1 is 1.31 bits per heavy atom. The van der Waals surface area contributed by atoms with Crippen LogP contribution >= 0.6 is 11.6 Å². The molecule has 0 aliphatic rings. The Morgan fingerprint density at radius 2 is 2.12 bits per heavy atom. The first-order valence-corrected chi connectivity index (χ1v) is 5.03. The lowest BCUT2D eigenvalue weighted by molar-refractivity contribution is 0.0849. The molecule has 1 aromatic heterocycles. The zero-order valence-electron chi connectivity index (χ0n) is 8.19. The standard InChI is InChI=1S/C12H8ClFO2/c13-9-4-1-3-8(7-9)11(14)12(15)10-5-2-6-16-10/h1-7,11H. The molecule has 1 atom stereocenters. The van der Waals surface area contributed by atoms with Crippen molar-refractivity contribution in [2.75, 3.05) is 0 Å². The van der Waals surface area contributed by atoms with Crippen LogP contribution in [0.4, 0.5) is 4.39 Å². The summed E-state index contributed by atoms with van der Waals surface area (Å²) in [4.78, 5) is 11.6. The molecule has 16 heavy (non-hydrogen) atoms. The lowest BCUT2D eigenvalue weighted by Crippen LogP contribution is -2.07. The first kappa shape index (κ1) is 10.9. The molecule has 0 saturated heterocycles. The average Bonchev–Trinajstić information content (AvgIpc) is 2.80. The molecule has 0 bridgehead atoms. The number of halogens is 2. The van der Waals surface area contributed by atoms with Gasteiger partial charge in [0.15, 0.2) is 11.9 Å². The monoisotopic (exact) mass is 238 g/mol. The van der Waals surface area contributed by atoms with Crippen LogP contribution in [-0.2, 0) is 0 Å². The van der Waals surface area contributed by atoms with Crippen LogP contribution in [0.3, 0.4) is 0 Å². The van der Waals surface area contributed by atoms with E-state index in [1.54, 1.807) is 12.1 Å². The van der Waals surface area contributed by atoms with Crippen LogP contribution in [0.5, 0.6) is 0 Å². The molecular formula is C12H8ClFO2. The van der Waals surface area contributed by atoms with Crippen molar-refractivity contribution in [3.8, 4) is 0 Å². The number of rotatable bonds is 3. The first-order valence-electron chi connectivity index (χ1n) is 4.66. The molecule has 4 heteroatoms. The second-order valence-corrected chi connectivity index (χ2v) is 3.70. The number of benzene rings is 1. The van der Waals surface area contributed by atoms with E-state index in [1.807, 2.05) is 0 Å². The normalized spacial score (nSPS) is 12.4. The lowest BCUT2D eigenvalue weighted by atomic mass is 10.1. The Balaban J connectivity index is 2.26. The van der Waals surface area contributed by atoms with Crippen molar-refractivity contribution < 1.29 is 13.6 Å². The maximum Gasteiger partial charge on any atom is 0.236 e. The number of hydrogen-bond donors (Lipinski definition) is 0. The van der Waals surface area contributed by atoms with E-state index < -0.39 is 12.0 Å². The van der Waals surface area contributed by atoms with Gasteiger partial charge in [-0.1, -0.05) is 23.7 Å². The predicted molar refractivity (Wildman–Crippen MR) is 58.3 cm³/mol. The molecule has 0 fully saturated rings. The van der Waals surface area contributed by atoms with Crippen LogP contribution in [-0.4, -0.2) is 5.78 Å². The van der Waals surface area contributed by atoms with E-state index in [0.29, 0.717) is 5.02 Å². The van der Waals surface area contributed by atoms with Gasteiger partial charge in [0.2, 0.25) is 5.78 Å². The average molecular weight is 239 g/mol. The third-order valence-corrected chi connectivity index (χ3v) is 2.37. The second kappa shape index (κ2) is 4.49. The van der Waals surface area contributed by atoms with Gasteiger partial charge >= 0.3 is 0 Å². The Labute approximate surface area is 96.6 Å². The Kier molecular flexibility index (Phi) is 3.06. The van der Waals surface area contributed by atoms with E-state index in [-0.39, 0.29) is 11.3 Å². The fourth-order valence-electron chi connectivity index (χ4n) is 1.36. The highest BCUT2D eigenvalue weighted by atomic mass is 35.5. The minimum Gasteiger partial charge on any atom is -0.461 e. The Morgan fingerprint density at radius 3 is 2.75 bits per heavy atom. The van der Waals surface area contributed by atoms with Gasteiger partial charge in [0, 0.05) is 5.02 Å². The van der Waals surface area contributed by atoms with Crippen LogP contribution in [0, 0.1) is 0 Å². The van der Waals surface area contributed by atoms with Gasteiger partial charge in [-0.25, -0.2) is 4.39 Å². The molecule has 0 N–H and O–H groups in total. The van der Waals surface area contributed by atoms with Gasteiger partial charge in [-0.05, 0) is 29.8 Å². The third kappa shape index (κ3) is 2.14. The molecule has 0 aliphatic heterocycles. The quantitative estimate of drug-likeness (QED) is 0.761. The summed E-state index contributed by atoms with van der Waals surface area (Å²) < 4.78 is 18.6. The fourth-order valence-corrected chi connectivity index (χ4v) is 1.56. The van der Waals surface area contributed by atoms with E-state index >= 15 is 0 Å². The highest BCUT2D eigenvalue weighted by Crippen LogP contribution is 2.24. The van der Waals surface area contributed by atoms with E-state index in [0.717, 1.165) is 0 Å². The van der Waals surface area contributed by atoms with E-state index in [9.17, 15) is 9.18 Å². The molecule has 0 saturated carbocycles. The zero-order valence-corrected chi connectivity index (χ0v) is 8.95. The zero-order chi connectivity index (χ0) is 11.5. The molecule has 0 amide bonds. The lowest BCUT2D eigenvalue weighted by Gasteiger charge is -2.05. The molecule has 1 unspecified atom stereocenters. The maximum atomic E-state index is 13.8. The predicted octanol–water partition coefficient (Wildman–Crippen LogP) is 3.83. The third-order valence-electron chi connectivity index (χ3n) is 2.14. The van der Waals surface area contributed by atoms with Crippen molar-refractivity contribution in [3.63, 3.8) is 0 Å². The Hall–Kier alpha value is -1.61. The van der Waals surface area contributed by atoms with Crippen molar-refractivity contribution in [1.29, 1.82) is 0 Å². The molecule has 0 radical (unpaired) electrons. The topological polar surface area (TPSA) is 30.2 Å². The van der Waals surface area contributed by atoms with E-state index in [4.69, 9.17) is 16.0 Å². The molecule has 82 valence electrons. The smallest absolute Gasteiger partial charge is 0.236 e. The summed E-state index contributed by atoms with van der Waals surface area (Å²) in [6, 6.07) is 9.12. The van der Waals surface area contributed by atoms with Crippen LogP contribution in [0.2, 0.25) is 5.02 Å². The molecular weight excluding hydrogens is 231 g/mol. The van der Waals surface area contributed by atoms with Crippen molar-refractivity contribution >= 4 is 17.4 Å². The van der Waals surface area contributed by atoms with Crippen LogP contribution < -0.4 is 0 Å². The highest BCUT2D eigenvalue weighted by molar-refractivity contribution is 6.30.